The fraction of sp³-hybridized carbons (Fsp3) is 0.500. The second kappa shape index (κ2) is 6.16. The number of piperidine rings is 3. The monoisotopic (exact) mass is 321 g/mol. The Bertz CT molecular complexity index is 797. The summed E-state index contributed by atoms with van der Waals surface area (Å²) in [6, 6.07) is 9.78. The summed E-state index contributed by atoms with van der Waals surface area (Å²) in [7, 11) is 0. The third-order valence-corrected chi connectivity index (χ3v) is 6.05. The molecule has 4 nitrogen and oxygen atoms in total. The van der Waals surface area contributed by atoms with Crippen LogP contribution in [-0.4, -0.2) is 34.1 Å². The number of aliphatic hydroxyl groups is 1. The SMILES string of the molecule is CC[C@H]1CN2CC[C@@H]1C[C@H]2[C@H](O)c1ccnc2ccc(C#N)cc12. The Hall–Kier alpha value is -1.96. The van der Waals surface area contributed by atoms with Crippen LogP contribution in [0.2, 0.25) is 0 Å². The summed E-state index contributed by atoms with van der Waals surface area (Å²) >= 11 is 0. The van der Waals surface area contributed by atoms with Crippen molar-refractivity contribution in [3.05, 3.63) is 41.6 Å². The molecule has 0 spiro atoms. The van der Waals surface area contributed by atoms with Crippen LogP contribution in [0.5, 0.6) is 0 Å². The second-order valence-electron chi connectivity index (χ2n) is 7.20. The predicted molar refractivity (Wildman–Crippen MR) is 93.3 cm³/mol. The number of nitriles is 1. The first-order valence-electron chi connectivity index (χ1n) is 8.92. The molecular formula is C20H23N3O. The van der Waals surface area contributed by atoms with E-state index in [-0.39, 0.29) is 6.04 Å². The van der Waals surface area contributed by atoms with E-state index in [4.69, 9.17) is 0 Å². The zero-order chi connectivity index (χ0) is 16.7. The molecule has 3 saturated heterocycles. The number of rotatable bonds is 3. The van der Waals surface area contributed by atoms with Crippen molar-refractivity contribution in [2.75, 3.05) is 13.1 Å². The standard InChI is InChI=1S/C20H23N3O/c1-2-14-12-23-8-6-15(14)10-19(23)20(24)16-5-7-22-18-4-3-13(11-21)9-17(16)18/h3-5,7,9,14-15,19-20,24H,2,6,8,10,12H2,1H3/t14-,15+,19-,20+/m0/s1. The highest BCUT2D eigenvalue weighted by Crippen LogP contribution is 2.42. The number of aliphatic hydroxyl groups excluding tert-OH is 1. The van der Waals surface area contributed by atoms with Crippen LogP contribution in [-0.2, 0) is 0 Å². The van der Waals surface area contributed by atoms with Crippen LogP contribution in [0.4, 0.5) is 0 Å². The number of fused-ring (bicyclic) bond motifs is 4. The number of pyridine rings is 1. The third kappa shape index (κ3) is 2.49. The van der Waals surface area contributed by atoms with Crippen molar-refractivity contribution in [1.29, 1.82) is 5.26 Å². The number of aromatic nitrogens is 1. The van der Waals surface area contributed by atoms with Crippen molar-refractivity contribution < 1.29 is 5.11 Å². The van der Waals surface area contributed by atoms with Crippen molar-refractivity contribution in [2.45, 2.75) is 38.3 Å². The molecule has 5 atom stereocenters. The van der Waals surface area contributed by atoms with Crippen LogP contribution in [0.3, 0.4) is 0 Å². The van der Waals surface area contributed by atoms with Crippen molar-refractivity contribution in [3.8, 4) is 6.07 Å². The van der Waals surface area contributed by atoms with Crippen molar-refractivity contribution in [3.63, 3.8) is 0 Å². The fourth-order valence-electron chi connectivity index (χ4n) is 4.67. The van der Waals surface area contributed by atoms with E-state index in [2.05, 4.69) is 22.9 Å². The highest BCUT2D eigenvalue weighted by molar-refractivity contribution is 5.83. The Kier molecular flexibility index (Phi) is 3.99. The normalized spacial score (nSPS) is 30.2. The molecule has 0 aliphatic carbocycles. The van der Waals surface area contributed by atoms with Gasteiger partial charge >= 0.3 is 0 Å². The van der Waals surface area contributed by atoms with E-state index < -0.39 is 6.10 Å². The molecule has 1 unspecified atom stereocenters. The van der Waals surface area contributed by atoms with Gasteiger partial charge in [0.2, 0.25) is 0 Å². The van der Waals surface area contributed by atoms with Gasteiger partial charge in [-0.1, -0.05) is 13.3 Å². The molecule has 4 heterocycles. The van der Waals surface area contributed by atoms with Crippen LogP contribution >= 0.6 is 0 Å². The van der Waals surface area contributed by atoms with Crippen LogP contribution in [0.25, 0.3) is 10.9 Å². The molecule has 0 saturated carbocycles. The van der Waals surface area contributed by atoms with E-state index in [0.29, 0.717) is 5.56 Å². The van der Waals surface area contributed by atoms with Gasteiger partial charge in [-0.05, 0) is 61.1 Å². The lowest BCUT2D eigenvalue weighted by Gasteiger charge is -2.51. The largest absolute Gasteiger partial charge is 0.387 e. The number of benzene rings is 1. The summed E-state index contributed by atoms with van der Waals surface area (Å²) in [5, 5.41) is 21.2. The smallest absolute Gasteiger partial charge is 0.0991 e. The van der Waals surface area contributed by atoms with Gasteiger partial charge in [0.05, 0.1) is 23.3 Å². The first-order chi connectivity index (χ1) is 11.7. The molecule has 1 aromatic heterocycles. The molecule has 1 aromatic carbocycles. The Morgan fingerprint density at radius 1 is 1.42 bits per heavy atom. The maximum absolute atomic E-state index is 11.1. The second-order valence-corrected chi connectivity index (χ2v) is 7.20. The molecule has 124 valence electrons. The molecule has 24 heavy (non-hydrogen) atoms. The van der Waals surface area contributed by atoms with Gasteiger partial charge in [0.15, 0.2) is 0 Å². The maximum atomic E-state index is 11.1. The van der Waals surface area contributed by atoms with Crippen molar-refractivity contribution in [2.24, 2.45) is 11.8 Å². The van der Waals surface area contributed by atoms with Crippen LogP contribution in [0.15, 0.2) is 30.5 Å². The molecular weight excluding hydrogens is 298 g/mol. The van der Waals surface area contributed by atoms with Gasteiger partial charge in [0, 0.05) is 24.2 Å². The summed E-state index contributed by atoms with van der Waals surface area (Å²) in [5.74, 6) is 1.52. The van der Waals surface area contributed by atoms with E-state index >= 15 is 0 Å². The molecule has 5 rings (SSSR count). The summed E-state index contributed by atoms with van der Waals surface area (Å²) in [6.07, 6.45) is 4.80. The molecule has 1 N–H and O–H groups in total. The Morgan fingerprint density at radius 3 is 3.00 bits per heavy atom. The summed E-state index contributed by atoms with van der Waals surface area (Å²) in [5.41, 5.74) is 2.36. The van der Waals surface area contributed by atoms with E-state index in [0.717, 1.165) is 47.8 Å². The van der Waals surface area contributed by atoms with Gasteiger partial charge in [-0.3, -0.25) is 9.88 Å². The van der Waals surface area contributed by atoms with E-state index in [1.54, 1.807) is 12.3 Å². The molecule has 0 radical (unpaired) electrons. The quantitative estimate of drug-likeness (QED) is 0.942. The number of hydrogen-bond donors (Lipinski definition) is 1. The summed E-state index contributed by atoms with van der Waals surface area (Å²) in [6.45, 7) is 4.47. The van der Waals surface area contributed by atoms with Gasteiger partial charge in [-0.2, -0.15) is 5.26 Å². The number of nitrogens with zero attached hydrogens (tertiary/aromatic N) is 3. The topological polar surface area (TPSA) is 60.1 Å². The zero-order valence-corrected chi connectivity index (χ0v) is 14.0. The molecule has 3 aliphatic rings. The van der Waals surface area contributed by atoms with Crippen LogP contribution in [0, 0.1) is 23.2 Å². The van der Waals surface area contributed by atoms with Crippen molar-refractivity contribution in [1.82, 2.24) is 9.88 Å². The van der Waals surface area contributed by atoms with Crippen molar-refractivity contribution >= 4 is 10.9 Å². The lowest BCUT2D eigenvalue weighted by Crippen LogP contribution is -2.55. The van der Waals surface area contributed by atoms with Gasteiger partial charge in [0.25, 0.3) is 0 Å². The first kappa shape index (κ1) is 15.6. The average molecular weight is 321 g/mol. The lowest BCUT2D eigenvalue weighted by molar-refractivity contribution is -0.0562. The zero-order valence-electron chi connectivity index (χ0n) is 14.0. The molecule has 0 amide bonds. The van der Waals surface area contributed by atoms with E-state index in [1.807, 2.05) is 18.2 Å². The van der Waals surface area contributed by atoms with E-state index in [9.17, 15) is 10.4 Å². The molecule has 3 fully saturated rings. The highest BCUT2D eigenvalue weighted by Gasteiger charge is 2.42. The minimum absolute atomic E-state index is 0.183. The van der Waals surface area contributed by atoms with Gasteiger partial charge in [-0.15, -0.1) is 0 Å². The minimum Gasteiger partial charge on any atom is -0.387 e. The molecule has 2 aromatic rings. The van der Waals surface area contributed by atoms with Gasteiger partial charge in [0.1, 0.15) is 0 Å². The maximum Gasteiger partial charge on any atom is 0.0991 e. The lowest BCUT2D eigenvalue weighted by atomic mass is 9.72. The summed E-state index contributed by atoms with van der Waals surface area (Å²) in [4.78, 5) is 6.86. The summed E-state index contributed by atoms with van der Waals surface area (Å²) < 4.78 is 0. The Morgan fingerprint density at radius 2 is 2.29 bits per heavy atom. The van der Waals surface area contributed by atoms with Gasteiger partial charge in [-0.25, -0.2) is 0 Å². The van der Waals surface area contributed by atoms with E-state index in [1.165, 1.54) is 12.8 Å². The average Bonchev–Trinajstić information content (AvgIpc) is 2.66. The Balaban J connectivity index is 1.69. The fourth-order valence-corrected chi connectivity index (χ4v) is 4.67. The highest BCUT2D eigenvalue weighted by atomic mass is 16.3. The predicted octanol–water partition coefficient (Wildman–Crippen LogP) is 3.26. The molecule has 3 aliphatic heterocycles. The molecule has 4 heteroatoms. The third-order valence-electron chi connectivity index (χ3n) is 6.05. The molecule has 2 bridgehead atoms. The Labute approximate surface area is 142 Å². The number of hydrogen-bond acceptors (Lipinski definition) is 4. The minimum atomic E-state index is -0.523. The van der Waals surface area contributed by atoms with Crippen LogP contribution < -0.4 is 0 Å². The van der Waals surface area contributed by atoms with Crippen LogP contribution in [0.1, 0.15) is 43.4 Å². The first-order valence-corrected chi connectivity index (χ1v) is 8.92. The van der Waals surface area contributed by atoms with Gasteiger partial charge < -0.3 is 5.11 Å².